The number of ether oxygens (including phenoxy) is 1. The number of carboxylic acid groups (broad SMARTS) is 1. The Morgan fingerprint density at radius 3 is 2.54 bits per heavy atom. The summed E-state index contributed by atoms with van der Waals surface area (Å²) >= 11 is 0. The van der Waals surface area contributed by atoms with Gasteiger partial charge in [0.15, 0.2) is 11.9 Å². The lowest BCUT2D eigenvalue weighted by Crippen LogP contribution is -2.33. The number of amides is 1. The largest absolute Gasteiger partial charge is 0.497 e. The van der Waals surface area contributed by atoms with Crippen LogP contribution >= 0.6 is 0 Å². The highest BCUT2D eigenvalue weighted by Gasteiger charge is 2.32. The van der Waals surface area contributed by atoms with Crippen LogP contribution in [0.2, 0.25) is 0 Å². The maximum atomic E-state index is 12.4. The molecule has 24 heavy (non-hydrogen) atoms. The molecule has 2 N–H and O–H groups in total. The molecule has 1 heterocycles. The van der Waals surface area contributed by atoms with Crippen LogP contribution in [0.5, 0.6) is 5.75 Å². The molecule has 1 aliphatic rings. The maximum Gasteiger partial charge on any atom is 0.330 e. The molecule has 1 atom stereocenters. The zero-order valence-corrected chi connectivity index (χ0v) is 13.4. The number of carbonyl (C=O) groups excluding carboxylic acids is 1. The first kappa shape index (κ1) is 16.0. The van der Waals surface area contributed by atoms with Crippen molar-refractivity contribution >= 4 is 11.9 Å². The number of nitrogens with one attached hydrogen (secondary N) is 1. The van der Waals surface area contributed by atoms with Crippen LogP contribution in [-0.4, -0.2) is 29.1 Å². The van der Waals surface area contributed by atoms with Gasteiger partial charge in [0.1, 0.15) is 5.75 Å². The number of carboxylic acids is 1. The molecule has 0 saturated heterocycles. The zero-order chi connectivity index (χ0) is 17.3. The van der Waals surface area contributed by atoms with E-state index in [0.29, 0.717) is 22.9 Å². The Morgan fingerprint density at radius 2 is 2.00 bits per heavy atom. The van der Waals surface area contributed by atoms with Gasteiger partial charge in [0.05, 0.1) is 12.8 Å². The van der Waals surface area contributed by atoms with E-state index in [2.05, 4.69) is 10.3 Å². The number of benzene rings is 1. The van der Waals surface area contributed by atoms with Crippen molar-refractivity contribution in [2.24, 2.45) is 0 Å². The summed E-state index contributed by atoms with van der Waals surface area (Å²) in [5.74, 6) is -0.245. The Labute approximate surface area is 138 Å². The van der Waals surface area contributed by atoms with Crippen molar-refractivity contribution in [2.45, 2.75) is 31.7 Å². The number of methoxy groups -OCH3 is 1. The van der Waals surface area contributed by atoms with Crippen LogP contribution in [0, 0.1) is 6.92 Å². The van der Waals surface area contributed by atoms with Gasteiger partial charge in [-0.3, -0.25) is 4.79 Å². The molecule has 0 aliphatic heterocycles. The van der Waals surface area contributed by atoms with E-state index in [0.717, 1.165) is 12.8 Å². The predicted molar refractivity (Wildman–Crippen MR) is 84.1 cm³/mol. The fourth-order valence-corrected chi connectivity index (χ4v) is 2.41. The van der Waals surface area contributed by atoms with Gasteiger partial charge in [-0.25, -0.2) is 9.78 Å². The molecule has 7 heteroatoms. The van der Waals surface area contributed by atoms with Gasteiger partial charge in [-0.15, -0.1) is 0 Å². The molecule has 0 spiro atoms. The van der Waals surface area contributed by atoms with Crippen molar-refractivity contribution in [2.75, 3.05) is 7.11 Å². The van der Waals surface area contributed by atoms with Gasteiger partial charge in [0, 0.05) is 5.92 Å². The van der Waals surface area contributed by atoms with Crippen molar-refractivity contribution in [3.63, 3.8) is 0 Å². The van der Waals surface area contributed by atoms with E-state index in [1.165, 1.54) is 7.11 Å². The summed E-state index contributed by atoms with van der Waals surface area (Å²) in [5.41, 5.74) is 0.907. The van der Waals surface area contributed by atoms with E-state index < -0.39 is 17.9 Å². The lowest BCUT2D eigenvalue weighted by molar-refractivity contribution is -0.139. The minimum atomic E-state index is -1.18. The third-order valence-corrected chi connectivity index (χ3v) is 3.92. The molecular weight excluding hydrogens is 312 g/mol. The van der Waals surface area contributed by atoms with Gasteiger partial charge in [-0.2, -0.15) is 0 Å². The standard InChI is InChI=1S/C17H18N2O5/c1-9-14(24-16(18-9)11-3-4-11)15(20)19-13(17(21)22)10-5-7-12(23-2)8-6-10/h5-8,11,13H,3-4H2,1-2H3,(H,19,20)(H,21,22). The predicted octanol–water partition coefficient (Wildman–Crippen LogP) is 2.42. The number of aryl methyl sites for hydroxylation is 1. The van der Waals surface area contributed by atoms with Crippen LogP contribution in [0.15, 0.2) is 28.7 Å². The summed E-state index contributed by atoms with van der Waals surface area (Å²) in [6.07, 6.45) is 2.01. The van der Waals surface area contributed by atoms with Crippen molar-refractivity contribution < 1.29 is 23.8 Å². The van der Waals surface area contributed by atoms with E-state index >= 15 is 0 Å². The number of oxazole rings is 1. The van der Waals surface area contributed by atoms with Crippen LogP contribution < -0.4 is 10.1 Å². The maximum absolute atomic E-state index is 12.4. The van der Waals surface area contributed by atoms with Gasteiger partial charge >= 0.3 is 5.97 Å². The molecular formula is C17H18N2O5. The molecule has 1 aromatic carbocycles. The Bertz CT molecular complexity index is 762. The highest BCUT2D eigenvalue weighted by Crippen LogP contribution is 2.40. The first-order chi connectivity index (χ1) is 11.5. The van der Waals surface area contributed by atoms with Crippen molar-refractivity contribution in [1.29, 1.82) is 0 Å². The highest BCUT2D eigenvalue weighted by atomic mass is 16.5. The van der Waals surface area contributed by atoms with Gasteiger partial charge in [-0.05, 0) is 37.5 Å². The van der Waals surface area contributed by atoms with Crippen molar-refractivity contribution in [1.82, 2.24) is 10.3 Å². The molecule has 0 radical (unpaired) electrons. The monoisotopic (exact) mass is 330 g/mol. The minimum absolute atomic E-state index is 0.0664. The van der Waals surface area contributed by atoms with Gasteiger partial charge in [0.2, 0.25) is 5.76 Å². The number of rotatable bonds is 6. The fraction of sp³-hybridized carbons (Fsp3) is 0.353. The molecule has 1 saturated carbocycles. The Kier molecular flexibility index (Phi) is 4.24. The molecule has 1 unspecified atom stereocenters. The first-order valence-corrected chi connectivity index (χ1v) is 7.64. The molecule has 0 bridgehead atoms. The fourth-order valence-electron chi connectivity index (χ4n) is 2.41. The van der Waals surface area contributed by atoms with Crippen LogP contribution in [0.4, 0.5) is 0 Å². The van der Waals surface area contributed by atoms with Gasteiger partial charge < -0.3 is 19.6 Å². The lowest BCUT2D eigenvalue weighted by Gasteiger charge is -2.14. The summed E-state index contributed by atoms with van der Waals surface area (Å²) in [6.45, 7) is 1.67. The van der Waals surface area contributed by atoms with E-state index in [9.17, 15) is 14.7 Å². The average molecular weight is 330 g/mol. The van der Waals surface area contributed by atoms with Crippen LogP contribution in [0.1, 0.15) is 52.5 Å². The molecule has 3 rings (SSSR count). The second-order valence-electron chi connectivity index (χ2n) is 5.76. The normalized spacial score (nSPS) is 14.9. The Balaban J connectivity index is 1.79. The molecule has 1 fully saturated rings. The lowest BCUT2D eigenvalue weighted by atomic mass is 10.1. The number of aliphatic carboxylic acids is 1. The summed E-state index contributed by atoms with van der Waals surface area (Å²) < 4.78 is 10.6. The molecule has 7 nitrogen and oxygen atoms in total. The Hall–Kier alpha value is -2.83. The van der Waals surface area contributed by atoms with Crippen LogP contribution in [0.25, 0.3) is 0 Å². The molecule has 1 aromatic heterocycles. The molecule has 1 amide bonds. The number of hydrogen-bond donors (Lipinski definition) is 2. The number of nitrogens with zero attached hydrogens (tertiary/aromatic N) is 1. The van der Waals surface area contributed by atoms with E-state index in [4.69, 9.17) is 9.15 Å². The van der Waals surface area contributed by atoms with Crippen molar-refractivity contribution in [3.8, 4) is 5.75 Å². The SMILES string of the molecule is COc1ccc(C(NC(=O)c2oc(C3CC3)nc2C)C(=O)O)cc1. The molecule has 2 aromatic rings. The topological polar surface area (TPSA) is 102 Å². The second kappa shape index (κ2) is 6.35. The van der Waals surface area contributed by atoms with E-state index in [1.54, 1.807) is 31.2 Å². The third-order valence-electron chi connectivity index (χ3n) is 3.92. The molecule has 1 aliphatic carbocycles. The van der Waals surface area contributed by atoms with Crippen molar-refractivity contribution in [3.05, 3.63) is 47.2 Å². The summed E-state index contributed by atoms with van der Waals surface area (Å²) in [7, 11) is 1.52. The third kappa shape index (κ3) is 3.24. The number of aromatic nitrogens is 1. The number of hydrogen-bond acceptors (Lipinski definition) is 5. The summed E-state index contributed by atoms with van der Waals surface area (Å²) in [4.78, 5) is 28.2. The average Bonchev–Trinajstić information content (AvgIpc) is 3.35. The highest BCUT2D eigenvalue weighted by molar-refractivity contribution is 5.95. The molecule has 126 valence electrons. The van der Waals surface area contributed by atoms with E-state index in [1.807, 2.05) is 0 Å². The second-order valence-corrected chi connectivity index (χ2v) is 5.76. The summed E-state index contributed by atoms with van der Waals surface area (Å²) in [5, 5.41) is 11.9. The summed E-state index contributed by atoms with van der Waals surface area (Å²) in [6, 6.07) is 5.30. The smallest absolute Gasteiger partial charge is 0.330 e. The number of carbonyl (C=O) groups is 2. The first-order valence-electron chi connectivity index (χ1n) is 7.64. The van der Waals surface area contributed by atoms with Crippen LogP contribution in [0.3, 0.4) is 0 Å². The van der Waals surface area contributed by atoms with Gasteiger partial charge in [0.25, 0.3) is 5.91 Å². The quantitative estimate of drug-likeness (QED) is 0.843. The Morgan fingerprint density at radius 1 is 1.33 bits per heavy atom. The zero-order valence-electron chi connectivity index (χ0n) is 13.4. The minimum Gasteiger partial charge on any atom is -0.497 e. The van der Waals surface area contributed by atoms with E-state index in [-0.39, 0.29) is 11.7 Å². The van der Waals surface area contributed by atoms with Gasteiger partial charge in [-0.1, -0.05) is 12.1 Å². The van der Waals surface area contributed by atoms with Crippen LogP contribution in [-0.2, 0) is 4.79 Å².